The molecule has 0 aliphatic carbocycles. The number of nitrogens with zero attached hydrogens (tertiary/aromatic N) is 2. The summed E-state index contributed by atoms with van der Waals surface area (Å²) in [7, 11) is 3.84. The predicted octanol–water partition coefficient (Wildman–Crippen LogP) is 4.15. The summed E-state index contributed by atoms with van der Waals surface area (Å²) in [5, 5.41) is 11.1. The van der Waals surface area contributed by atoms with Crippen LogP contribution in [0.1, 0.15) is 24.3 Å². The third-order valence-corrected chi connectivity index (χ3v) is 4.87. The van der Waals surface area contributed by atoms with Gasteiger partial charge in [0.2, 0.25) is 0 Å². The number of thiophene rings is 1. The third-order valence-electron chi connectivity index (χ3n) is 3.93. The molecule has 3 N–H and O–H groups in total. The summed E-state index contributed by atoms with van der Waals surface area (Å²) < 4.78 is 0. The van der Waals surface area contributed by atoms with E-state index in [1.54, 1.807) is 18.4 Å². The van der Waals surface area contributed by atoms with Crippen LogP contribution in [0.25, 0.3) is 0 Å². The maximum absolute atomic E-state index is 11.7. The quantitative estimate of drug-likeness (QED) is 0.295. The zero-order valence-corrected chi connectivity index (χ0v) is 20.0. The second kappa shape index (κ2) is 12.6. The largest absolute Gasteiger partial charge is 0.352 e. The zero-order chi connectivity index (χ0) is 19.6. The minimum absolute atomic E-state index is 0. The molecule has 154 valence electrons. The summed E-state index contributed by atoms with van der Waals surface area (Å²) in [5.41, 5.74) is 1.90. The topological polar surface area (TPSA) is 68.8 Å². The van der Waals surface area contributed by atoms with Gasteiger partial charge in [0, 0.05) is 43.8 Å². The molecule has 0 fully saturated rings. The number of carbonyl (C=O) groups is 1. The van der Waals surface area contributed by atoms with E-state index < -0.39 is 0 Å². The highest BCUT2D eigenvalue weighted by atomic mass is 127. The van der Waals surface area contributed by atoms with Crippen molar-refractivity contribution >= 4 is 53.0 Å². The number of carbonyl (C=O) groups excluding carboxylic acids is 1. The summed E-state index contributed by atoms with van der Waals surface area (Å²) in [5.74, 6) is 0.866. The van der Waals surface area contributed by atoms with Crippen LogP contribution in [0.2, 0.25) is 0 Å². The van der Waals surface area contributed by atoms with Crippen molar-refractivity contribution in [2.75, 3.05) is 26.0 Å². The van der Waals surface area contributed by atoms with E-state index >= 15 is 0 Å². The van der Waals surface area contributed by atoms with E-state index in [-0.39, 0.29) is 36.0 Å². The molecule has 0 bridgehead atoms. The van der Waals surface area contributed by atoms with Gasteiger partial charge in [0.25, 0.3) is 0 Å². The van der Waals surface area contributed by atoms with Gasteiger partial charge in [0.15, 0.2) is 5.96 Å². The lowest BCUT2D eigenvalue weighted by Crippen LogP contribution is -2.39. The lowest BCUT2D eigenvalue weighted by atomic mass is 10.2. The zero-order valence-electron chi connectivity index (χ0n) is 16.9. The standard InChI is InChI=1S/C20H29N5OS.HI/c1-15(2)23-20(26)24-17-9-7-16(8-10-17)14-22-19(21-3)25(4)12-11-18-6-5-13-27-18;/h5-10,13,15H,11-12,14H2,1-4H3,(H,21,22)(H2,23,24,26);1H. The van der Waals surface area contributed by atoms with Gasteiger partial charge in [-0.15, -0.1) is 35.3 Å². The molecule has 0 aliphatic rings. The highest BCUT2D eigenvalue weighted by molar-refractivity contribution is 14.0. The van der Waals surface area contributed by atoms with Gasteiger partial charge >= 0.3 is 6.03 Å². The smallest absolute Gasteiger partial charge is 0.319 e. The molecular formula is C20H30IN5OS. The van der Waals surface area contributed by atoms with Crippen molar-refractivity contribution in [1.82, 2.24) is 15.5 Å². The molecule has 1 heterocycles. The van der Waals surface area contributed by atoms with Crippen LogP contribution in [0.3, 0.4) is 0 Å². The Morgan fingerprint density at radius 3 is 2.50 bits per heavy atom. The van der Waals surface area contributed by atoms with Gasteiger partial charge in [0.05, 0.1) is 0 Å². The minimum atomic E-state index is -0.191. The van der Waals surface area contributed by atoms with Crippen molar-refractivity contribution in [3.05, 3.63) is 52.2 Å². The molecule has 0 atom stereocenters. The average molecular weight is 515 g/mol. The maximum Gasteiger partial charge on any atom is 0.319 e. The fraction of sp³-hybridized carbons (Fsp3) is 0.400. The van der Waals surface area contributed by atoms with E-state index in [1.165, 1.54) is 4.88 Å². The fourth-order valence-electron chi connectivity index (χ4n) is 2.54. The molecule has 28 heavy (non-hydrogen) atoms. The van der Waals surface area contributed by atoms with Crippen LogP contribution in [0.15, 0.2) is 46.8 Å². The maximum atomic E-state index is 11.7. The molecule has 0 saturated heterocycles. The van der Waals surface area contributed by atoms with Crippen LogP contribution in [0.5, 0.6) is 0 Å². The Kier molecular flexibility index (Phi) is 10.9. The highest BCUT2D eigenvalue weighted by Crippen LogP contribution is 2.11. The third kappa shape index (κ3) is 8.47. The number of hydrogen-bond donors (Lipinski definition) is 3. The molecule has 0 saturated carbocycles. The number of guanidine groups is 1. The van der Waals surface area contributed by atoms with Gasteiger partial charge in [-0.1, -0.05) is 18.2 Å². The Balaban J connectivity index is 0.00000392. The van der Waals surface area contributed by atoms with E-state index in [9.17, 15) is 4.79 Å². The van der Waals surface area contributed by atoms with Crippen molar-refractivity contribution in [2.24, 2.45) is 4.99 Å². The molecule has 6 nitrogen and oxygen atoms in total. The van der Waals surface area contributed by atoms with Crippen LogP contribution in [-0.4, -0.2) is 43.6 Å². The molecule has 2 rings (SSSR count). The van der Waals surface area contributed by atoms with E-state index in [2.05, 4.69) is 43.4 Å². The van der Waals surface area contributed by atoms with Crippen LogP contribution >= 0.6 is 35.3 Å². The molecule has 2 amide bonds. The molecule has 0 radical (unpaired) electrons. The van der Waals surface area contributed by atoms with Crippen molar-refractivity contribution in [1.29, 1.82) is 0 Å². The Hall–Kier alpha value is -1.81. The molecule has 0 aliphatic heterocycles. The Bertz CT molecular complexity index is 732. The van der Waals surface area contributed by atoms with E-state index in [0.29, 0.717) is 6.54 Å². The fourth-order valence-corrected chi connectivity index (χ4v) is 3.24. The van der Waals surface area contributed by atoms with Gasteiger partial charge in [-0.05, 0) is 49.4 Å². The van der Waals surface area contributed by atoms with Gasteiger partial charge in [0.1, 0.15) is 0 Å². The molecule has 0 unspecified atom stereocenters. The number of likely N-dealkylation sites (N-methyl/N-ethyl adjacent to an activating group) is 1. The first kappa shape index (κ1) is 24.2. The number of hydrogen-bond acceptors (Lipinski definition) is 3. The lowest BCUT2D eigenvalue weighted by Gasteiger charge is -2.22. The Morgan fingerprint density at radius 1 is 1.21 bits per heavy atom. The molecular weight excluding hydrogens is 485 g/mol. The first-order valence-electron chi connectivity index (χ1n) is 9.08. The summed E-state index contributed by atoms with van der Waals surface area (Å²) >= 11 is 1.78. The number of rotatable bonds is 7. The number of amides is 2. The normalized spacial score (nSPS) is 11.0. The first-order chi connectivity index (χ1) is 13.0. The molecule has 8 heteroatoms. The number of anilines is 1. The molecule has 1 aromatic carbocycles. The molecule has 2 aromatic rings. The molecule has 1 aromatic heterocycles. The number of halogens is 1. The summed E-state index contributed by atoms with van der Waals surface area (Å²) in [6, 6.07) is 12.0. The van der Waals surface area contributed by atoms with Gasteiger partial charge in [-0.3, -0.25) is 4.99 Å². The highest BCUT2D eigenvalue weighted by Gasteiger charge is 2.07. The predicted molar refractivity (Wildman–Crippen MR) is 130 cm³/mol. The minimum Gasteiger partial charge on any atom is -0.352 e. The average Bonchev–Trinajstić information content (AvgIpc) is 3.14. The van der Waals surface area contributed by atoms with Crippen LogP contribution < -0.4 is 16.0 Å². The lowest BCUT2D eigenvalue weighted by molar-refractivity contribution is 0.250. The second-order valence-electron chi connectivity index (χ2n) is 6.60. The number of benzene rings is 1. The first-order valence-corrected chi connectivity index (χ1v) is 9.96. The van der Waals surface area contributed by atoms with Crippen molar-refractivity contribution in [2.45, 2.75) is 32.9 Å². The van der Waals surface area contributed by atoms with Gasteiger partial charge < -0.3 is 20.9 Å². The number of urea groups is 1. The number of aliphatic imine (C=N–C) groups is 1. The summed E-state index contributed by atoms with van der Waals surface area (Å²) in [6.07, 6.45) is 1.01. The van der Waals surface area contributed by atoms with Crippen molar-refractivity contribution in [3.63, 3.8) is 0 Å². The number of nitrogens with one attached hydrogen (secondary N) is 3. The SMILES string of the molecule is CN=C(NCc1ccc(NC(=O)NC(C)C)cc1)N(C)CCc1cccs1.I. The van der Waals surface area contributed by atoms with E-state index in [1.807, 2.05) is 45.2 Å². The second-order valence-corrected chi connectivity index (χ2v) is 7.63. The monoisotopic (exact) mass is 515 g/mol. The van der Waals surface area contributed by atoms with Crippen molar-refractivity contribution in [3.8, 4) is 0 Å². The van der Waals surface area contributed by atoms with Gasteiger partial charge in [-0.25, -0.2) is 4.79 Å². The van der Waals surface area contributed by atoms with Gasteiger partial charge in [-0.2, -0.15) is 0 Å². The van der Waals surface area contributed by atoms with E-state index in [4.69, 9.17) is 0 Å². The Morgan fingerprint density at radius 2 is 1.93 bits per heavy atom. The molecule has 0 spiro atoms. The van der Waals surface area contributed by atoms with Crippen LogP contribution in [0.4, 0.5) is 10.5 Å². The van der Waals surface area contributed by atoms with Crippen LogP contribution in [-0.2, 0) is 13.0 Å². The summed E-state index contributed by atoms with van der Waals surface area (Å²) in [4.78, 5) is 19.6. The Labute approximate surface area is 188 Å². The van der Waals surface area contributed by atoms with Crippen molar-refractivity contribution < 1.29 is 4.79 Å². The summed E-state index contributed by atoms with van der Waals surface area (Å²) in [6.45, 7) is 5.44. The van der Waals surface area contributed by atoms with Crippen LogP contribution in [0, 0.1) is 0 Å². The van der Waals surface area contributed by atoms with E-state index in [0.717, 1.165) is 30.2 Å².